The maximum Gasteiger partial charge on any atom is 0.185 e. The molecular weight excluding hydrogens is 272 g/mol. The molecule has 2 N–H and O–H groups in total. The highest BCUT2D eigenvalue weighted by molar-refractivity contribution is 7.22. The summed E-state index contributed by atoms with van der Waals surface area (Å²) in [4.78, 5) is 6.58. The van der Waals surface area contributed by atoms with Crippen molar-refractivity contribution in [2.24, 2.45) is 5.11 Å². The summed E-state index contributed by atoms with van der Waals surface area (Å²) in [6, 6.07) is 3.88. The third-order valence-corrected chi connectivity index (χ3v) is 4.37. The Hall–Kier alpha value is -1.69. The molecule has 0 aliphatic carbocycles. The minimum Gasteiger partial charge on any atom is -0.488 e. The molecule has 0 saturated carbocycles. The van der Waals surface area contributed by atoms with E-state index in [-0.39, 0.29) is 6.10 Å². The molecule has 1 heterocycles. The van der Waals surface area contributed by atoms with Gasteiger partial charge in [0.1, 0.15) is 0 Å². The Morgan fingerprint density at radius 2 is 2.05 bits per heavy atom. The van der Waals surface area contributed by atoms with Crippen LogP contribution in [0.25, 0.3) is 10.2 Å². The molecule has 108 valence electrons. The summed E-state index contributed by atoms with van der Waals surface area (Å²) in [7, 11) is 3.96. The standard InChI is InChI=1S/C14H20N4OS/c1-5-9(6-2)19-12-7-11-13(8-10(12)17-15)20-14(16-11)18(3)4/h7-9,15H,5-6H2,1-4H3/p+1. The van der Waals surface area contributed by atoms with E-state index in [0.29, 0.717) is 11.4 Å². The Balaban J connectivity index is 2.45. The van der Waals surface area contributed by atoms with Crippen molar-refractivity contribution in [3.8, 4) is 5.75 Å². The molecule has 0 amide bonds. The third-order valence-electron chi connectivity index (χ3n) is 3.18. The lowest BCUT2D eigenvalue weighted by molar-refractivity contribution is -0.210. The molecule has 0 radical (unpaired) electrons. The Kier molecular flexibility index (Phi) is 4.54. The van der Waals surface area contributed by atoms with Crippen LogP contribution in [-0.2, 0) is 0 Å². The fourth-order valence-corrected chi connectivity index (χ4v) is 2.86. The average Bonchev–Trinajstić information content (AvgIpc) is 2.86. The number of benzene rings is 1. The van der Waals surface area contributed by atoms with E-state index < -0.39 is 0 Å². The smallest absolute Gasteiger partial charge is 0.185 e. The first kappa shape index (κ1) is 14.7. The van der Waals surface area contributed by atoms with Crippen molar-refractivity contribution in [2.75, 3.05) is 19.0 Å². The van der Waals surface area contributed by atoms with Crippen LogP contribution in [0.5, 0.6) is 5.75 Å². The van der Waals surface area contributed by atoms with Crippen molar-refractivity contribution in [3.63, 3.8) is 0 Å². The lowest BCUT2D eigenvalue weighted by Crippen LogP contribution is -2.22. The maximum absolute atomic E-state index is 5.99. The summed E-state index contributed by atoms with van der Waals surface area (Å²) in [5.41, 5.74) is 7.09. The van der Waals surface area contributed by atoms with Crippen LogP contribution in [0.1, 0.15) is 26.7 Å². The van der Waals surface area contributed by atoms with Gasteiger partial charge in [-0.25, -0.2) is 4.98 Å². The van der Waals surface area contributed by atoms with Crippen molar-refractivity contribution in [1.29, 1.82) is 0 Å². The highest BCUT2D eigenvalue weighted by atomic mass is 32.1. The first-order chi connectivity index (χ1) is 9.58. The fourth-order valence-electron chi connectivity index (χ4n) is 1.95. The molecule has 1 aromatic carbocycles. The van der Waals surface area contributed by atoms with Crippen molar-refractivity contribution in [1.82, 2.24) is 4.98 Å². The van der Waals surface area contributed by atoms with Crippen LogP contribution >= 0.6 is 11.3 Å². The number of thiazole rings is 1. The van der Waals surface area contributed by atoms with Gasteiger partial charge in [0, 0.05) is 20.2 Å². The zero-order valence-electron chi connectivity index (χ0n) is 12.4. The lowest BCUT2D eigenvalue weighted by Gasteiger charge is -2.16. The molecule has 0 spiro atoms. The summed E-state index contributed by atoms with van der Waals surface area (Å²) in [5.74, 6) is 0.712. The van der Waals surface area contributed by atoms with Crippen LogP contribution in [0.4, 0.5) is 10.8 Å². The molecule has 20 heavy (non-hydrogen) atoms. The van der Waals surface area contributed by atoms with Crippen LogP contribution in [0.15, 0.2) is 17.2 Å². The third kappa shape index (κ3) is 2.90. The van der Waals surface area contributed by atoms with Gasteiger partial charge in [0.2, 0.25) is 0 Å². The van der Waals surface area contributed by atoms with E-state index in [1.165, 1.54) is 0 Å². The molecule has 2 rings (SSSR count). The summed E-state index contributed by atoms with van der Waals surface area (Å²) in [5, 5.41) is 4.80. The number of rotatable bonds is 6. The monoisotopic (exact) mass is 293 g/mol. The number of ether oxygens (including phenoxy) is 1. The van der Waals surface area contributed by atoms with E-state index in [1.807, 2.05) is 31.1 Å². The second-order valence-corrected chi connectivity index (χ2v) is 5.87. The lowest BCUT2D eigenvalue weighted by atomic mass is 10.2. The van der Waals surface area contributed by atoms with Gasteiger partial charge in [-0.1, -0.05) is 25.2 Å². The second kappa shape index (κ2) is 6.17. The van der Waals surface area contributed by atoms with Crippen LogP contribution in [0.2, 0.25) is 0 Å². The number of anilines is 1. The van der Waals surface area contributed by atoms with Gasteiger partial charge in [-0.05, 0) is 24.0 Å². The van der Waals surface area contributed by atoms with Gasteiger partial charge in [-0.3, -0.25) is 0 Å². The topological polar surface area (TPSA) is 63.3 Å². The van der Waals surface area contributed by atoms with E-state index in [4.69, 9.17) is 10.3 Å². The highest BCUT2D eigenvalue weighted by Crippen LogP contribution is 2.37. The Bertz CT molecular complexity index is 604. The first-order valence-corrected chi connectivity index (χ1v) is 7.60. The number of fused-ring (bicyclic) bond motifs is 1. The molecule has 1 aromatic heterocycles. The predicted octanol–water partition coefficient (Wildman–Crippen LogP) is 2.77. The maximum atomic E-state index is 5.99. The summed E-state index contributed by atoms with van der Waals surface area (Å²) >= 11 is 1.62. The van der Waals surface area contributed by atoms with Crippen LogP contribution in [0, 0.1) is 0 Å². The largest absolute Gasteiger partial charge is 0.488 e. The number of aromatic nitrogens is 1. The van der Waals surface area contributed by atoms with Gasteiger partial charge in [0.25, 0.3) is 0 Å². The molecule has 5 nitrogen and oxygen atoms in total. The van der Waals surface area contributed by atoms with E-state index in [1.54, 1.807) is 11.3 Å². The average molecular weight is 293 g/mol. The normalized spacial score (nSPS) is 11.1. The van der Waals surface area contributed by atoms with Crippen LogP contribution in [-0.4, -0.2) is 25.2 Å². The van der Waals surface area contributed by atoms with Gasteiger partial charge in [-0.2, -0.15) is 5.53 Å². The fraction of sp³-hybridized carbons (Fsp3) is 0.500. The van der Waals surface area contributed by atoms with Gasteiger partial charge < -0.3 is 9.64 Å². The molecule has 0 unspecified atom stereocenters. The summed E-state index contributed by atoms with van der Waals surface area (Å²) in [6.45, 7) is 4.22. The van der Waals surface area contributed by atoms with Crippen LogP contribution < -0.4 is 15.2 Å². The highest BCUT2D eigenvalue weighted by Gasteiger charge is 2.15. The Labute approximate surface area is 123 Å². The van der Waals surface area contributed by atoms with Gasteiger partial charge >= 0.3 is 0 Å². The molecule has 0 aliphatic rings. The Morgan fingerprint density at radius 1 is 1.35 bits per heavy atom. The number of hydrogen-bond donors (Lipinski definition) is 1. The molecule has 0 fully saturated rings. The number of hydrogen-bond acceptors (Lipinski definition) is 5. The van der Waals surface area contributed by atoms with E-state index >= 15 is 0 Å². The number of nitrogens with two attached hydrogens (primary N) is 1. The summed E-state index contributed by atoms with van der Waals surface area (Å²) in [6.07, 6.45) is 2.09. The zero-order chi connectivity index (χ0) is 14.7. The van der Waals surface area contributed by atoms with Gasteiger partial charge in [0.05, 0.1) is 16.3 Å². The molecule has 0 saturated heterocycles. The van der Waals surface area contributed by atoms with Crippen molar-refractivity contribution in [3.05, 3.63) is 12.1 Å². The first-order valence-electron chi connectivity index (χ1n) is 6.78. The minimum atomic E-state index is 0.180. The van der Waals surface area contributed by atoms with Crippen LogP contribution in [0.3, 0.4) is 0 Å². The van der Waals surface area contributed by atoms with Gasteiger partial charge in [0.15, 0.2) is 16.6 Å². The van der Waals surface area contributed by atoms with Crippen molar-refractivity contribution < 1.29 is 10.3 Å². The minimum absolute atomic E-state index is 0.180. The Morgan fingerprint density at radius 3 is 2.60 bits per heavy atom. The van der Waals surface area contributed by atoms with Crippen molar-refractivity contribution in [2.45, 2.75) is 32.8 Å². The van der Waals surface area contributed by atoms with Gasteiger partial charge in [-0.15, -0.1) is 0 Å². The predicted molar refractivity (Wildman–Crippen MR) is 83.0 cm³/mol. The van der Waals surface area contributed by atoms with E-state index in [9.17, 15) is 0 Å². The number of nitrogens with zero attached hydrogens (tertiary/aromatic N) is 3. The quantitative estimate of drug-likeness (QED) is 0.833. The zero-order valence-corrected chi connectivity index (χ0v) is 13.2. The van der Waals surface area contributed by atoms with E-state index in [0.717, 1.165) is 28.2 Å². The molecule has 6 heteroatoms. The van der Waals surface area contributed by atoms with E-state index in [2.05, 4.69) is 23.9 Å². The van der Waals surface area contributed by atoms with Crippen molar-refractivity contribution >= 4 is 32.4 Å². The second-order valence-electron chi connectivity index (χ2n) is 4.86. The SMILES string of the molecule is CCC(CC)Oc1cc2nc(N(C)C)sc2cc1N=[NH2+]. The molecular formula is C14H21N4OS+. The molecule has 2 aromatic rings. The molecule has 0 aliphatic heterocycles. The molecule has 0 atom stereocenters. The molecule has 0 bridgehead atoms. The summed E-state index contributed by atoms with van der Waals surface area (Å²) < 4.78 is 7.05.